The molecule has 5 heteroatoms. The van der Waals surface area contributed by atoms with E-state index in [4.69, 9.17) is 0 Å². The van der Waals surface area contributed by atoms with Crippen molar-refractivity contribution in [1.82, 2.24) is 5.32 Å². The molecule has 0 aromatic heterocycles. The van der Waals surface area contributed by atoms with Crippen molar-refractivity contribution in [2.75, 3.05) is 11.9 Å². The van der Waals surface area contributed by atoms with Crippen LogP contribution >= 0.6 is 31.9 Å². The van der Waals surface area contributed by atoms with E-state index < -0.39 is 11.6 Å². The van der Waals surface area contributed by atoms with E-state index in [1.807, 2.05) is 0 Å². The highest BCUT2D eigenvalue weighted by atomic mass is 79.9. The molecular formula is C13H17Br2F2N. The number of benzene rings is 1. The second-order valence-corrected chi connectivity index (χ2v) is 5.75. The van der Waals surface area contributed by atoms with Crippen LogP contribution in [-0.4, -0.2) is 11.9 Å². The molecule has 0 aliphatic carbocycles. The molecule has 0 spiro atoms. The SMILES string of the molecule is Fc1ccc(Br)c(F)c1CNCCCCCCBr. The summed E-state index contributed by atoms with van der Waals surface area (Å²) in [4.78, 5) is 0. The average Bonchev–Trinajstić information content (AvgIpc) is 2.36. The minimum atomic E-state index is -0.512. The van der Waals surface area contributed by atoms with Gasteiger partial charge in [0.2, 0.25) is 0 Å². The van der Waals surface area contributed by atoms with Gasteiger partial charge in [0.25, 0.3) is 0 Å². The molecule has 0 saturated heterocycles. The molecule has 0 radical (unpaired) electrons. The van der Waals surface area contributed by atoms with Gasteiger partial charge in [-0.1, -0.05) is 28.8 Å². The third-order valence-electron chi connectivity index (χ3n) is 2.68. The van der Waals surface area contributed by atoms with Gasteiger partial charge in [-0.15, -0.1) is 0 Å². The summed E-state index contributed by atoms with van der Waals surface area (Å²) in [6, 6.07) is 2.66. The smallest absolute Gasteiger partial charge is 0.144 e. The molecule has 1 rings (SSSR count). The summed E-state index contributed by atoms with van der Waals surface area (Å²) < 4.78 is 27.3. The Balaban J connectivity index is 2.29. The third-order valence-corrected chi connectivity index (χ3v) is 3.85. The number of nitrogens with one attached hydrogen (secondary N) is 1. The number of hydrogen-bond donors (Lipinski definition) is 1. The Morgan fingerprint density at radius 1 is 1.06 bits per heavy atom. The Bertz CT molecular complexity index is 372. The van der Waals surface area contributed by atoms with Crippen LogP contribution in [0.15, 0.2) is 16.6 Å². The molecule has 0 fully saturated rings. The van der Waals surface area contributed by atoms with E-state index in [1.54, 1.807) is 0 Å². The third kappa shape index (κ3) is 5.33. The highest BCUT2D eigenvalue weighted by Crippen LogP contribution is 2.21. The monoisotopic (exact) mass is 383 g/mol. The first-order valence-corrected chi connectivity index (χ1v) is 7.97. The summed E-state index contributed by atoms with van der Waals surface area (Å²) in [6.45, 7) is 1.02. The molecule has 0 atom stereocenters. The fraction of sp³-hybridized carbons (Fsp3) is 0.538. The predicted octanol–water partition coefficient (Wildman–Crippen LogP) is 4.77. The highest BCUT2D eigenvalue weighted by molar-refractivity contribution is 9.10. The number of rotatable bonds is 8. The van der Waals surface area contributed by atoms with Crippen molar-refractivity contribution in [3.05, 3.63) is 33.8 Å². The second-order valence-electron chi connectivity index (χ2n) is 4.10. The van der Waals surface area contributed by atoms with Gasteiger partial charge in [-0.05, 0) is 47.4 Å². The minimum Gasteiger partial charge on any atom is -0.312 e. The van der Waals surface area contributed by atoms with Gasteiger partial charge >= 0.3 is 0 Å². The molecule has 1 N–H and O–H groups in total. The molecule has 0 unspecified atom stereocenters. The lowest BCUT2D eigenvalue weighted by molar-refractivity contribution is 0.524. The Morgan fingerprint density at radius 3 is 2.50 bits per heavy atom. The summed E-state index contributed by atoms with van der Waals surface area (Å²) >= 11 is 6.44. The maximum Gasteiger partial charge on any atom is 0.144 e. The van der Waals surface area contributed by atoms with Gasteiger partial charge < -0.3 is 5.32 Å². The Labute approximate surface area is 124 Å². The molecule has 102 valence electrons. The molecule has 0 bridgehead atoms. The molecule has 0 heterocycles. The van der Waals surface area contributed by atoms with Crippen molar-refractivity contribution in [3.8, 4) is 0 Å². The summed E-state index contributed by atoms with van der Waals surface area (Å²) in [5.41, 5.74) is 0.102. The van der Waals surface area contributed by atoms with Gasteiger partial charge in [0, 0.05) is 17.4 Å². The highest BCUT2D eigenvalue weighted by Gasteiger charge is 2.11. The van der Waals surface area contributed by atoms with Crippen LogP contribution in [0, 0.1) is 11.6 Å². The zero-order valence-corrected chi connectivity index (χ0v) is 13.3. The van der Waals surface area contributed by atoms with Crippen LogP contribution in [0.25, 0.3) is 0 Å². The van der Waals surface area contributed by atoms with Gasteiger partial charge in [-0.25, -0.2) is 8.78 Å². The standard InChI is InChI=1S/C13H17Br2F2N/c14-7-3-1-2-4-8-18-9-10-12(16)6-5-11(15)13(10)17/h5-6,18H,1-4,7-9H2. The van der Waals surface area contributed by atoms with Gasteiger partial charge in [-0.3, -0.25) is 0 Å². The molecule has 1 aromatic carbocycles. The topological polar surface area (TPSA) is 12.0 Å². The fourth-order valence-electron chi connectivity index (χ4n) is 1.64. The number of unbranched alkanes of at least 4 members (excludes halogenated alkanes) is 3. The zero-order chi connectivity index (χ0) is 13.4. The molecule has 0 aliphatic rings. The first-order chi connectivity index (χ1) is 8.66. The minimum absolute atomic E-state index is 0.102. The summed E-state index contributed by atoms with van der Waals surface area (Å²) in [6.07, 6.45) is 4.54. The van der Waals surface area contributed by atoms with E-state index in [0.717, 1.165) is 24.7 Å². The summed E-state index contributed by atoms with van der Waals surface area (Å²) in [7, 11) is 0. The fourth-order valence-corrected chi connectivity index (χ4v) is 2.41. The van der Waals surface area contributed by atoms with Crippen LogP contribution in [0.4, 0.5) is 8.78 Å². The van der Waals surface area contributed by atoms with Gasteiger partial charge in [0.15, 0.2) is 0 Å². The first-order valence-electron chi connectivity index (χ1n) is 6.06. The van der Waals surface area contributed by atoms with E-state index in [0.29, 0.717) is 4.47 Å². The lowest BCUT2D eigenvalue weighted by atomic mass is 10.2. The Kier molecular flexibility index (Phi) is 8.02. The van der Waals surface area contributed by atoms with Crippen LogP contribution in [0.3, 0.4) is 0 Å². The van der Waals surface area contributed by atoms with E-state index in [9.17, 15) is 8.78 Å². The summed E-state index contributed by atoms with van der Waals surface area (Å²) in [5.74, 6) is -1.01. The molecule has 18 heavy (non-hydrogen) atoms. The van der Waals surface area contributed by atoms with Crippen molar-refractivity contribution < 1.29 is 8.78 Å². The van der Waals surface area contributed by atoms with Crippen molar-refractivity contribution in [2.45, 2.75) is 32.2 Å². The van der Waals surface area contributed by atoms with Crippen LogP contribution in [-0.2, 0) is 6.54 Å². The van der Waals surface area contributed by atoms with Crippen LogP contribution in [0.5, 0.6) is 0 Å². The second kappa shape index (κ2) is 8.99. The zero-order valence-electron chi connectivity index (χ0n) is 10.1. The molecule has 1 nitrogen and oxygen atoms in total. The maximum absolute atomic E-state index is 13.6. The average molecular weight is 385 g/mol. The van der Waals surface area contributed by atoms with Crippen molar-refractivity contribution in [2.24, 2.45) is 0 Å². The van der Waals surface area contributed by atoms with Crippen LogP contribution < -0.4 is 5.32 Å². The van der Waals surface area contributed by atoms with Crippen LogP contribution in [0.2, 0.25) is 0 Å². The quantitative estimate of drug-likeness (QED) is 0.386. The number of halogens is 4. The lowest BCUT2D eigenvalue weighted by Gasteiger charge is -2.08. The van der Waals surface area contributed by atoms with Crippen molar-refractivity contribution in [3.63, 3.8) is 0 Å². The molecule has 1 aromatic rings. The summed E-state index contributed by atoms with van der Waals surface area (Å²) in [5, 5.41) is 4.11. The van der Waals surface area contributed by atoms with Gasteiger partial charge in [0.05, 0.1) is 4.47 Å². The Hall–Kier alpha value is -0.000000000000000111. The number of alkyl halides is 1. The normalized spacial score (nSPS) is 10.9. The van der Waals surface area contributed by atoms with E-state index in [-0.39, 0.29) is 12.1 Å². The molecular weight excluding hydrogens is 368 g/mol. The number of hydrogen-bond acceptors (Lipinski definition) is 1. The maximum atomic E-state index is 13.6. The van der Waals surface area contributed by atoms with Gasteiger partial charge in [0.1, 0.15) is 11.6 Å². The van der Waals surface area contributed by atoms with Gasteiger partial charge in [-0.2, -0.15) is 0 Å². The van der Waals surface area contributed by atoms with Crippen molar-refractivity contribution >= 4 is 31.9 Å². The largest absolute Gasteiger partial charge is 0.312 e. The lowest BCUT2D eigenvalue weighted by Crippen LogP contribution is -2.17. The Morgan fingerprint density at radius 2 is 1.78 bits per heavy atom. The van der Waals surface area contributed by atoms with E-state index in [2.05, 4.69) is 37.2 Å². The van der Waals surface area contributed by atoms with E-state index in [1.165, 1.54) is 25.0 Å². The molecule has 0 saturated carbocycles. The predicted molar refractivity (Wildman–Crippen MR) is 78.0 cm³/mol. The van der Waals surface area contributed by atoms with E-state index >= 15 is 0 Å². The molecule has 0 aliphatic heterocycles. The molecule has 0 amide bonds. The van der Waals surface area contributed by atoms with Crippen LogP contribution in [0.1, 0.15) is 31.2 Å². The van der Waals surface area contributed by atoms with Crippen molar-refractivity contribution in [1.29, 1.82) is 0 Å². The first kappa shape index (κ1) is 16.1.